The van der Waals surface area contributed by atoms with Crippen LogP contribution in [0.25, 0.3) is 11.1 Å². The van der Waals surface area contributed by atoms with E-state index in [-0.39, 0.29) is 17.7 Å². The minimum Gasteiger partial charge on any atom is -0.326 e. The minimum absolute atomic E-state index is 0.0130. The highest BCUT2D eigenvalue weighted by atomic mass is 32.2. The standard InChI is InChI=1S/C34H40N2O3S/c1-3-5-21-35-22-19-25(20-23-35)36-32(28-15-7-8-16-29(28)33(36)37)34(40(38,39)24-6-4-2)30-17-11-9-13-26(30)27-14-10-12-18-31(27)34/h7-18,25,32H,3-6,19-24H2,1-2H3. The number of sulfone groups is 1. The molecule has 2 aliphatic heterocycles. The van der Waals surface area contributed by atoms with Gasteiger partial charge in [0, 0.05) is 24.7 Å². The van der Waals surface area contributed by atoms with Crippen molar-refractivity contribution < 1.29 is 13.2 Å². The molecule has 0 N–H and O–H groups in total. The number of hydrogen-bond acceptors (Lipinski definition) is 4. The fourth-order valence-corrected chi connectivity index (χ4v) is 10.1. The largest absolute Gasteiger partial charge is 0.326 e. The normalized spacial score (nSPS) is 20.4. The molecule has 3 aromatic rings. The third kappa shape index (κ3) is 4.06. The highest BCUT2D eigenvalue weighted by Crippen LogP contribution is 2.62. The molecule has 1 unspecified atom stereocenters. The summed E-state index contributed by atoms with van der Waals surface area (Å²) in [5.74, 6) is 0.0574. The molecule has 0 spiro atoms. The lowest BCUT2D eigenvalue weighted by atomic mass is 9.83. The van der Waals surface area contributed by atoms with E-state index in [1.807, 2.05) is 84.6 Å². The number of unbranched alkanes of at least 4 members (excludes halogenated alkanes) is 2. The van der Waals surface area contributed by atoms with Crippen LogP contribution in [0, 0.1) is 0 Å². The molecule has 0 radical (unpaired) electrons. The third-order valence-electron chi connectivity index (χ3n) is 9.36. The summed E-state index contributed by atoms with van der Waals surface area (Å²) in [5, 5.41) is 0. The van der Waals surface area contributed by atoms with Crippen molar-refractivity contribution in [3.05, 3.63) is 95.1 Å². The molecule has 6 heteroatoms. The molecule has 3 aliphatic rings. The first-order valence-electron chi connectivity index (χ1n) is 15.0. The second kappa shape index (κ2) is 10.8. The maximum Gasteiger partial charge on any atom is 0.255 e. The van der Waals surface area contributed by atoms with Gasteiger partial charge in [-0.2, -0.15) is 0 Å². The number of hydrogen-bond donors (Lipinski definition) is 0. The first kappa shape index (κ1) is 27.2. The molecule has 210 valence electrons. The van der Waals surface area contributed by atoms with Crippen molar-refractivity contribution in [3.63, 3.8) is 0 Å². The predicted octanol–water partition coefficient (Wildman–Crippen LogP) is 6.59. The van der Waals surface area contributed by atoms with Crippen LogP contribution in [0.15, 0.2) is 72.8 Å². The smallest absolute Gasteiger partial charge is 0.255 e. The summed E-state index contributed by atoms with van der Waals surface area (Å²) in [4.78, 5) is 18.8. The predicted molar refractivity (Wildman–Crippen MR) is 161 cm³/mol. The van der Waals surface area contributed by atoms with Crippen molar-refractivity contribution in [3.8, 4) is 11.1 Å². The molecular formula is C34H40N2O3S. The zero-order valence-corrected chi connectivity index (χ0v) is 24.5. The van der Waals surface area contributed by atoms with E-state index >= 15 is 0 Å². The van der Waals surface area contributed by atoms with E-state index < -0.39 is 20.6 Å². The monoisotopic (exact) mass is 556 g/mol. The number of amides is 1. The van der Waals surface area contributed by atoms with Crippen LogP contribution in [0.2, 0.25) is 0 Å². The van der Waals surface area contributed by atoms with E-state index in [1.165, 1.54) is 12.8 Å². The highest BCUT2D eigenvalue weighted by molar-refractivity contribution is 7.92. The lowest BCUT2D eigenvalue weighted by molar-refractivity contribution is 0.0449. The molecule has 6 rings (SSSR count). The first-order chi connectivity index (χ1) is 19.5. The Bertz CT molecular complexity index is 1460. The van der Waals surface area contributed by atoms with Crippen LogP contribution >= 0.6 is 0 Å². The van der Waals surface area contributed by atoms with Gasteiger partial charge in [-0.05, 0) is 66.1 Å². The molecular weight excluding hydrogens is 516 g/mol. The molecule has 0 aromatic heterocycles. The van der Waals surface area contributed by atoms with Crippen molar-refractivity contribution >= 4 is 15.7 Å². The van der Waals surface area contributed by atoms with Crippen molar-refractivity contribution in [2.24, 2.45) is 0 Å². The van der Waals surface area contributed by atoms with Gasteiger partial charge in [0.2, 0.25) is 0 Å². The minimum atomic E-state index is -3.76. The molecule has 1 fully saturated rings. The molecule has 40 heavy (non-hydrogen) atoms. The Hall–Kier alpha value is -2.96. The fourth-order valence-electron chi connectivity index (χ4n) is 7.45. The van der Waals surface area contributed by atoms with Gasteiger partial charge in [0.15, 0.2) is 9.84 Å². The van der Waals surface area contributed by atoms with Crippen LogP contribution in [0.5, 0.6) is 0 Å². The summed E-state index contributed by atoms with van der Waals surface area (Å²) >= 11 is 0. The maximum absolute atomic E-state index is 15.0. The summed E-state index contributed by atoms with van der Waals surface area (Å²) < 4.78 is 28.6. The van der Waals surface area contributed by atoms with Crippen molar-refractivity contribution in [1.29, 1.82) is 0 Å². The van der Waals surface area contributed by atoms with Gasteiger partial charge in [-0.3, -0.25) is 4.79 Å². The summed E-state index contributed by atoms with van der Waals surface area (Å²) in [7, 11) is -3.76. The molecule has 0 bridgehead atoms. The topological polar surface area (TPSA) is 57.7 Å². The number of carbonyl (C=O) groups excluding carboxylic acids is 1. The Kier molecular flexibility index (Phi) is 7.34. The number of piperidine rings is 1. The second-order valence-corrected chi connectivity index (χ2v) is 13.9. The molecule has 5 nitrogen and oxygen atoms in total. The molecule has 3 aromatic carbocycles. The SMILES string of the molecule is CCCCN1CCC(N2C(=O)c3ccccc3C2C2(S(=O)(=O)CCCC)c3ccccc3-c3ccccc32)CC1. The van der Waals surface area contributed by atoms with Crippen LogP contribution < -0.4 is 0 Å². The Morgan fingerprint density at radius 2 is 1.32 bits per heavy atom. The number of benzene rings is 3. The van der Waals surface area contributed by atoms with Crippen LogP contribution in [0.1, 0.15) is 85.5 Å². The first-order valence-corrected chi connectivity index (χ1v) is 16.7. The summed E-state index contributed by atoms with van der Waals surface area (Å²) in [6.07, 6.45) is 5.43. The van der Waals surface area contributed by atoms with E-state index in [1.54, 1.807) is 0 Å². The average Bonchev–Trinajstić information content (AvgIpc) is 3.45. The van der Waals surface area contributed by atoms with Gasteiger partial charge in [0.25, 0.3) is 5.91 Å². The van der Waals surface area contributed by atoms with Crippen molar-refractivity contribution in [2.45, 2.75) is 69.2 Å². The molecule has 0 saturated carbocycles. The average molecular weight is 557 g/mol. The van der Waals surface area contributed by atoms with Gasteiger partial charge in [-0.15, -0.1) is 0 Å². The second-order valence-electron chi connectivity index (χ2n) is 11.6. The van der Waals surface area contributed by atoms with Gasteiger partial charge in [-0.25, -0.2) is 8.42 Å². The Labute approximate surface area is 239 Å². The van der Waals surface area contributed by atoms with Gasteiger partial charge < -0.3 is 9.80 Å². The van der Waals surface area contributed by atoms with E-state index in [9.17, 15) is 13.2 Å². The Balaban J connectivity index is 1.58. The van der Waals surface area contributed by atoms with Gasteiger partial charge in [0.1, 0.15) is 4.75 Å². The highest BCUT2D eigenvalue weighted by Gasteiger charge is 2.63. The van der Waals surface area contributed by atoms with Crippen LogP contribution in [-0.4, -0.2) is 55.6 Å². The quantitative estimate of drug-likeness (QED) is 0.299. The Morgan fingerprint density at radius 1 is 0.775 bits per heavy atom. The van der Waals surface area contributed by atoms with Gasteiger partial charge >= 0.3 is 0 Å². The van der Waals surface area contributed by atoms with Gasteiger partial charge in [0.05, 0.1) is 11.8 Å². The zero-order chi connectivity index (χ0) is 27.9. The molecule has 1 atom stereocenters. The molecule has 1 amide bonds. The molecule has 1 saturated heterocycles. The van der Waals surface area contributed by atoms with E-state index in [0.717, 1.165) is 66.7 Å². The van der Waals surface area contributed by atoms with Crippen LogP contribution in [0.4, 0.5) is 0 Å². The summed E-state index contributed by atoms with van der Waals surface area (Å²) in [6, 6.07) is 23.1. The summed E-state index contributed by atoms with van der Waals surface area (Å²) in [6.45, 7) is 7.19. The van der Waals surface area contributed by atoms with Crippen LogP contribution in [0.3, 0.4) is 0 Å². The van der Waals surface area contributed by atoms with Gasteiger partial charge in [-0.1, -0.05) is 93.4 Å². The van der Waals surface area contributed by atoms with E-state index in [2.05, 4.69) is 11.8 Å². The lowest BCUT2D eigenvalue weighted by Crippen LogP contribution is -2.54. The maximum atomic E-state index is 15.0. The van der Waals surface area contributed by atoms with Crippen molar-refractivity contribution in [2.75, 3.05) is 25.4 Å². The number of likely N-dealkylation sites (tertiary alicyclic amines) is 1. The summed E-state index contributed by atoms with van der Waals surface area (Å²) in [5.41, 5.74) is 5.04. The lowest BCUT2D eigenvalue weighted by Gasteiger charge is -2.46. The van der Waals surface area contributed by atoms with E-state index in [4.69, 9.17) is 0 Å². The number of fused-ring (bicyclic) bond motifs is 4. The third-order valence-corrected chi connectivity index (χ3v) is 11.8. The number of nitrogens with zero attached hydrogens (tertiary/aromatic N) is 2. The van der Waals surface area contributed by atoms with Crippen molar-refractivity contribution in [1.82, 2.24) is 9.80 Å². The number of carbonyl (C=O) groups is 1. The zero-order valence-electron chi connectivity index (χ0n) is 23.7. The Morgan fingerprint density at radius 3 is 1.93 bits per heavy atom. The van der Waals surface area contributed by atoms with E-state index in [0.29, 0.717) is 12.0 Å². The van der Waals surface area contributed by atoms with Crippen LogP contribution in [-0.2, 0) is 14.6 Å². The molecule has 1 aliphatic carbocycles. The fraction of sp³-hybridized carbons (Fsp3) is 0.441. The molecule has 2 heterocycles. The number of rotatable bonds is 9.